The van der Waals surface area contributed by atoms with Crippen LogP contribution in [0.3, 0.4) is 0 Å². The summed E-state index contributed by atoms with van der Waals surface area (Å²) in [6.45, 7) is 3.49. The molecule has 4 nitrogen and oxygen atoms in total. The first kappa shape index (κ1) is 17.4. The Morgan fingerprint density at radius 3 is 2.32 bits per heavy atom. The van der Waals surface area contributed by atoms with E-state index < -0.39 is 0 Å². The van der Waals surface area contributed by atoms with Crippen LogP contribution in [0.4, 0.5) is 0 Å². The van der Waals surface area contributed by atoms with E-state index in [1.807, 2.05) is 61.5 Å². The highest BCUT2D eigenvalue weighted by Gasteiger charge is 2.31. The number of benzene rings is 2. The Hall–Kier alpha value is -2.46. The number of carbonyl (C=O) groups excluding carboxylic acids is 2. The molecule has 1 heterocycles. The molecule has 2 amide bonds. The van der Waals surface area contributed by atoms with Gasteiger partial charge in [0.2, 0.25) is 5.91 Å². The normalized spacial score (nSPS) is 14.9. The predicted molar refractivity (Wildman–Crippen MR) is 99.2 cm³/mol. The van der Waals surface area contributed by atoms with Crippen LogP contribution in [0, 0.1) is 0 Å². The number of imide groups is 1. The van der Waals surface area contributed by atoms with Crippen LogP contribution in [0.15, 0.2) is 54.6 Å². The second kappa shape index (κ2) is 8.08. The van der Waals surface area contributed by atoms with Crippen molar-refractivity contribution in [1.29, 1.82) is 0 Å². The average Bonchev–Trinajstić information content (AvgIpc) is 2.69. The van der Waals surface area contributed by atoms with Gasteiger partial charge in [-0.15, -0.1) is 0 Å². The molecule has 25 heavy (non-hydrogen) atoms. The summed E-state index contributed by atoms with van der Waals surface area (Å²) in [5, 5.41) is 3.29. The van der Waals surface area contributed by atoms with E-state index in [4.69, 9.17) is 0 Å². The van der Waals surface area contributed by atoms with Crippen LogP contribution in [0.5, 0.6) is 0 Å². The molecule has 0 aromatic heterocycles. The second-order valence-corrected chi connectivity index (χ2v) is 6.32. The van der Waals surface area contributed by atoms with Crippen molar-refractivity contribution in [2.75, 3.05) is 13.1 Å². The molecule has 0 saturated carbocycles. The minimum absolute atomic E-state index is 0.0231. The minimum atomic E-state index is -0.182. The molecular weight excluding hydrogens is 312 g/mol. The third kappa shape index (κ3) is 3.80. The lowest BCUT2D eigenvalue weighted by atomic mass is 9.97. The Morgan fingerprint density at radius 2 is 1.64 bits per heavy atom. The molecule has 130 valence electrons. The molecule has 2 aromatic carbocycles. The first-order chi connectivity index (χ1) is 12.2. The number of nitrogens with one attached hydrogen (secondary N) is 1. The molecule has 0 atom stereocenters. The van der Waals surface area contributed by atoms with E-state index in [2.05, 4.69) is 5.32 Å². The highest BCUT2D eigenvalue weighted by atomic mass is 16.2. The summed E-state index contributed by atoms with van der Waals surface area (Å²) in [6, 6.07) is 17.4. The van der Waals surface area contributed by atoms with E-state index >= 15 is 0 Å². The lowest BCUT2D eigenvalue weighted by Gasteiger charge is -2.33. The Labute approximate surface area is 148 Å². The Bertz CT molecular complexity index is 737. The van der Waals surface area contributed by atoms with E-state index in [1.165, 1.54) is 4.90 Å². The predicted octanol–water partition coefficient (Wildman–Crippen LogP) is 3.48. The van der Waals surface area contributed by atoms with Crippen LogP contribution in [0.25, 0.3) is 11.1 Å². The molecule has 1 aliphatic heterocycles. The van der Waals surface area contributed by atoms with Gasteiger partial charge in [-0.3, -0.25) is 14.5 Å². The summed E-state index contributed by atoms with van der Waals surface area (Å²) < 4.78 is 0. The van der Waals surface area contributed by atoms with Gasteiger partial charge in [0, 0.05) is 18.0 Å². The van der Waals surface area contributed by atoms with Crippen molar-refractivity contribution < 1.29 is 9.59 Å². The number of nitrogens with zero attached hydrogens (tertiary/aromatic N) is 1. The molecule has 2 aromatic rings. The van der Waals surface area contributed by atoms with Crippen molar-refractivity contribution in [2.24, 2.45) is 0 Å². The zero-order valence-corrected chi connectivity index (χ0v) is 14.6. The molecule has 1 aliphatic rings. The molecule has 0 aliphatic carbocycles. The van der Waals surface area contributed by atoms with E-state index in [0.717, 1.165) is 37.1 Å². The molecule has 0 bridgehead atoms. The van der Waals surface area contributed by atoms with Crippen molar-refractivity contribution in [1.82, 2.24) is 10.2 Å². The monoisotopic (exact) mass is 336 g/mol. The molecule has 0 radical (unpaired) electrons. The SMILES string of the molecule is CCC(=O)N(C(=O)c1ccccc1-c1ccccc1)C1CCNCC1. The molecular formula is C21H24N2O2. The maximum Gasteiger partial charge on any atom is 0.261 e. The molecule has 4 heteroatoms. The lowest BCUT2D eigenvalue weighted by molar-refractivity contribution is -0.130. The van der Waals surface area contributed by atoms with E-state index in [1.54, 1.807) is 0 Å². The van der Waals surface area contributed by atoms with Gasteiger partial charge in [0.25, 0.3) is 5.91 Å². The maximum atomic E-state index is 13.3. The van der Waals surface area contributed by atoms with Gasteiger partial charge in [-0.2, -0.15) is 0 Å². The topological polar surface area (TPSA) is 49.4 Å². The molecule has 0 spiro atoms. The molecule has 0 unspecified atom stereocenters. The standard InChI is InChI=1S/C21H24N2O2/c1-2-20(24)23(17-12-14-22-15-13-17)21(25)19-11-7-6-10-18(19)16-8-4-3-5-9-16/h3-11,17,22H,2,12-15H2,1H3. The fourth-order valence-electron chi connectivity index (χ4n) is 3.39. The van der Waals surface area contributed by atoms with Gasteiger partial charge in [0.15, 0.2) is 0 Å². The number of carbonyl (C=O) groups is 2. The summed E-state index contributed by atoms with van der Waals surface area (Å²) in [6.07, 6.45) is 1.96. The summed E-state index contributed by atoms with van der Waals surface area (Å²) in [4.78, 5) is 27.4. The second-order valence-electron chi connectivity index (χ2n) is 6.32. The van der Waals surface area contributed by atoms with Crippen LogP contribution in [-0.2, 0) is 4.79 Å². The maximum absolute atomic E-state index is 13.3. The summed E-state index contributed by atoms with van der Waals surface area (Å²) in [7, 11) is 0. The third-order valence-electron chi connectivity index (χ3n) is 4.71. The third-order valence-corrected chi connectivity index (χ3v) is 4.71. The summed E-state index contributed by atoms with van der Waals surface area (Å²) >= 11 is 0. The number of rotatable bonds is 4. The molecule has 1 N–H and O–H groups in total. The first-order valence-electron chi connectivity index (χ1n) is 8.94. The van der Waals surface area contributed by atoms with Crippen LogP contribution in [0.2, 0.25) is 0 Å². The quantitative estimate of drug-likeness (QED) is 0.930. The molecule has 1 saturated heterocycles. The summed E-state index contributed by atoms with van der Waals surface area (Å²) in [5.74, 6) is -0.280. The van der Waals surface area contributed by atoms with E-state index in [0.29, 0.717) is 12.0 Å². The van der Waals surface area contributed by atoms with Crippen molar-refractivity contribution in [2.45, 2.75) is 32.2 Å². The average molecular weight is 336 g/mol. The van der Waals surface area contributed by atoms with E-state index in [9.17, 15) is 9.59 Å². The fraction of sp³-hybridized carbons (Fsp3) is 0.333. The van der Waals surface area contributed by atoms with Gasteiger partial charge in [-0.05, 0) is 43.1 Å². The fourth-order valence-corrected chi connectivity index (χ4v) is 3.39. The number of amides is 2. The molecule has 1 fully saturated rings. The van der Waals surface area contributed by atoms with E-state index in [-0.39, 0.29) is 17.9 Å². The van der Waals surface area contributed by atoms with Gasteiger partial charge in [0.05, 0.1) is 0 Å². The zero-order chi connectivity index (χ0) is 17.6. The highest BCUT2D eigenvalue weighted by molar-refractivity contribution is 6.08. The number of piperidine rings is 1. The number of hydrogen-bond acceptors (Lipinski definition) is 3. The Balaban J connectivity index is 1.99. The Kier molecular flexibility index (Phi) is 5.61. The Morgan fingerprint density at radius 1 is 1.00 bits per heavy atom. The lowest BCUT2D eigenvalue weighted by Crippen LogP contribution is -2.49. The van der Waals surface area contributed by atoms with Gasteiger partial charge in [0.1, 0.15) is 0 Å². The van der Waals surface area contributed by atoms with Gasteiger partial charge in [-0.1, -0.05) is 55.5 Å². The smallest absolute Gasteiger partial charge is 0.261 e. The largest absolute Gasteiger partial charge is 0.317 e. The summed E-state index contributed by atoms with van der Waals surface area (Å²) in [5.41, 5.74) is 2.45. The van der Waals surface area contributed by atoms with Gasteiger partial charge < -0.3 is 5.32 Å². The van der Waals surface area contributed by atoms with Gasteiger partial charge in [-0.25, -0.2) is 0 Å². The van der Waals surface area contributed by atoms with Crippen LogP contribution < -0.4 is 5.32 Å². The van der Waals surface area contributed by atoms with Gasteiger partial charge >= 0.3 is 0 Å². The van der Waals surface area contributed by atoms with Crippen LogP contribution in [-0.4, -0.2) is 35.8 Å². The van der Waals surface area contributed by atoms with Crippen LogP contribution >= 0.6 is 0 Å². The molecule has 3 rings (SSSR count). The van der Waals surface area contributed by atoms with Crippen molar-refractivity contribution in [3.05, 3.63) is 60.2 Å². The zero-order valence-electron chi connectivity index (χ0n) is 14.6. The van der Waals surface area contributed by atoms with Crippen LogP contribution in [0.1, 0.15) is 36.5 Å². The highest BCUT2D eigenvalue weighted by Crippen LogP contribution is 2.26. The number of hydrogen-bond donors (Lipinski definition) is 1. The van der Waals surface area contributed by atoms with Crippen molar-refractivity contribution >= 4 is 11.8 Å². The van der Waals surface area contributed by atoms with Crippen molar-refractivity contribution in [3.63, 3.8) is 0 Å². The first-order valence-corrected chi connectivity index (χ1v) is 8.94. The van der Waals surface area contributed by atoms with Crippen molar-refractivity contribution in [3.8, 4) is 11.1 Å². The minimum Gasteiger partial charge on any atom is -0.317 e.